The number of para-hydroxylation sites is 1. The summed E-state index contributed by atoms with van der Waals surface area (Å²) in [5, 5.41) is 0. The third-order valence-corrected chi connectivity index (χ3v) is 3.80. The van der Waals surface area contributed by atoms with Crippen molar-refractivity contribution in [1.29, 1.82) is 0 Å². The van der Waals surface area contributed by atoms with Crippen LogP contribution in [0.3, 0.4) is 0 Å². The summed E-state index contributed by atoms with van der Waals surface area (Å²) < 4.78 is 5.40. The normalized spacial score (nSPS) is 10.4. The van der Waals surface area contributed by atoms with Crippen molar-refractivity contribution in [3.8, 4) is 5.75 Å². The molecule has 3 heteroatoms. The summed E-state index contributed by atoms with van der Waals surface area (Å²) in [5.41, 5.74) is 4.77. The highest BCUT2D eigenvalue weighted by atomic mass is 35.5. The first kappa shape index (κ1) is 14.7. The first-order chi connectivity index (χ1) is 9.65. The summed E-state index contributed by atoms with van der Waals surface area (Å²) in [6.07, 6.45) is 0. The van der Waals surface area contributed by atoms with Gasteiger partial charge in [0.1, 0.15) is 5.75 Å². The molecule has 0 N–H and O–H groups in total. The fourth-order valence-corrected chi connectivity index (χ4v) is 2.55. The fraction of sp³-hybridized carbons (Fsp3) is 0.294. The maximum absolute atomic E-state index is 5.90. The van der Waals surface area contributed by atoms with E-state index >= 15 is 0 Å². The number of halogens is 1. The Morgan fingerprint density at radius 3 is 2.50 bits per heavy atom. The Hall–Kier alpha value is -1.67. The zero-order chi connectivity index (χ0) is 14.5. The van der Waals surface area contributed by atoms with Crippen molar-refractivity contribution >= 4 is 17.3 Å². The van der Waals surface area contributed by atoms with Crippen LogP contribution in [0.25, 0.3) is 0 Å². The molecule has 106 valence electrons. The third kappa shape index (κ3) is 3.26. The SMILES string of the molecule is COc1ccccc1CN(C)c1ccc(CCl)c(C)c1. The largest absolute Gasteiger partial charge is 0.496 e. The van der Waals surface area contributed by atoms with Crippen LogP contribution in [-0.2, 0) is 12.4 Å². The molecule has 0 unspecified atom stereocenters. The highest BCUT2D eigenvalue weighted by molar-refractivity contribution is 6.17. The smallest absolute Gasteiger partial charge is 0.123 e. The lowest BCUT2D eigenvalue weighted by Crippen LogP contribution is -2.17. The Morgan fingerprint density at radius 2 is 1.85 bits per heavy atom. The summed E-state index contributed by atoms with van der Waals surface area (Å²) in [6, 6.07) is 14.5. The number of hydrogen-bond donors (Lipinski definition) is 0. The van der Waals surface area contributed by atoms with E-state index in [1.807, 2.05) is 18.2 Å². The number of benzene rings is 2. The minimum atomic E-state index is 0.558. The van der Waals surface area contributed by atoms with E-state index in [-0.39, 0.29) is 0 Å². The monoisotopic (exact) mass is 289 g/mol. The molecule has 2 aromatic rings. The number of anilines is 1. The van der Waals surface area contributed by atoms with Crippen molar-refractivity contribution < 1.29 is 4.74 Å². The van der Waals surface area contributed by atoms with E-state index in [0.717, 1.165) is 12.3 Å². The number of alkyl halides is 1. The number of methoxy groups -OCH3 is 1. The Balaban J connectivity index is 2.19. The van der Waals surface area contributed by atoms with Crippen molar-refractivity contribution in [2.45, 2.75) is 19.3 Å². The van der Waals surface area contributed by atoms with E-state index in [0.29, 0.717) is 5.88 Å². The van der Waals surface area contributed by atoms with Gasteiger partial charge in [-0.15, -0.1) is 11.6 Å². The molecular formula is C17H20ClNO. The molecule has 0 saturated heterocycles. The van der Waals surface area contributed by atoms with Gasteiger partial charge in [0.05, 0.1) is 7.11 Å². The molecule has 0 aliphatic rings. The Bertz CT molecular complexity index is 583. The lowest BCUT2D eigenvalue weighted by Gasteiger charge is -2.21. The minimum Gasteiger partial charge on any atom is -0.496 e. The molecule has 0 heterocycles. The first-order valence-electron chi connectivity index (χ1n) is 6.64. The highest BCUT2D eigenvalue weighted by Gasteiger charge is 2.08. The standard InChI is InChI=1S/C17H20ClNO/c1-13-10-16(9-8-14(13)11-18)19(2)12-15-6-4-5-7-17(15)20-3/h4-10H,11-12H2,1-3H3. The molecule has 0 aromatic heterocycles. The van der Waals surface area contributed by atoms with Gasteiger partial charge in [-0.3, -0.25) is 0 Å². The van der Waals surface area contributed by atoms with Crippen molar-refractivity contribution in [3.63, 3.8) is 0 Å². The van der Waals surface area contributed by atoms with Crippen LogP contribution in [0.15, 0.2) is 42.5 Å². The van der Waals surface area contributed by atoms with Crippen molar-refractivity contribution in [3.05, 3.63) is 59.2 Å². The third-order valence-electron chi connectivity index (χ3n) is 3.51. The van der Waals surface area contributed by atoms with Gasteiger partial charge in [-0.2, -0.15) is 0 Å². The molecule has 0 aliphatic heterocycles. The quantitative estimate of drug-likeness (QED) is 0.758. The van der Waals surface area contributed by atoms with Gasteiger partial charge in [0.15, 0.2) is 0 Å². The first-order valence-corrected chi connectivity index (χ1v) is 7.17. The molecule has 0 spiro atoms. The molecule has 2 aromatic carbocycles. The number of ether oxygens (including phenoxy) is 1. The van der Waals surface area contributed by atoms with E-state index in [9.17, 15) is 0 Å². The molecule has 20 heavy (non-hydrogen) atoms. The summed E-state index contributed by atoms with van der Waals surface area (Å²) >= 11 is 5.90. The van der Waals surface area contributed by atoms with Crippen molar-refractivity contribution in [2.75, 3.05) is 19.1 Å². The van der Waals surface area contributed by atoms with Crippen molar-refractivity contribution in [1.82, 2.24) is 0 Å². The summed E-state index contributed by atoms with van der Waals surface area (Å²) in [7, 11) is 3.79. The summed E-state index contributed by atoms with van der Waals surface area (Å²) in [4.78, 5) is 2.21. The van der Waals surface area contributed by atoms with Gasteiger partial charge in [0, 0.05) is 30.7 Å². The molecule has 2 nitrogen and oxygen atoms in total. The van der Waals surface area contributed by atoms with Crippen LogP contribution in [0.1, 0.15) is 16.7 Å². The Morgan fingerprint density at radius 1 is 1.10 bits per heavy atom. The Labute approximate surface area is 125 Å². The molecular weight excluding hydrogens is 270 g/mol. The number of hydrogen-bond acceptors (Lipinski definition) is 2. The number of aryl methyl sites for hydroxylation is 1. The average molecular weight is 290 g/mol. The zero-order valence-electron chi connectivity index (χ0n) is 12.2. The van der Waals surface area contributed by atoms with E-state index in [2.05, 4.69) is 43.1 Å². The molecule has 0 fully saturated rings. The number of rotatable bonds is 5. The lowest BCUT2D eigenvalue weighted by molar-refractivity contribution is 0.409. The van der Waals surface area contributed by atoms with Crippen LogP contribution in [0.2, 0.25) is 0 Å². The Kier molecular flexibility index (Phi) is 4.91. The molecule has 0 atom stereocenters. The van der Waals surface area contributed by atoms with Crippen LogP contribution in [0, 0.1) is 6.92 Å². The van der Waals surface area contributed by atoms with Crippen molar-refractivity contribution in [2.24, 2.45) is 0 Å². The van der Waals surface area contributed by atoms with Gasteiger partial charge in [-0.05, 0) is 36.2 Å². The second-order valence-corrected chi connectivity index (χ2v) is 5.18. The molecule has 0 radical (unpaired) electrons. The topological polar surface area (TPSA) is 12.5 Å². The predicted octanol–water partition coefficient (Wildman–Crippen LogP) is 4.38. The number of nitrogens with zero attached hydrogens (tertiary/aromatic N) is 1. The second kappa shape index (κ2) is 6.67. The zero-order valence-corrected chi connectivity index (χ0v) is 12.9. The van der Waals surface area contributed by atoms with E-state index in [1.54, 1.807) is 7.11 Å². The predicted molar refractivity (Wildman–Crippen MR) is 85.8 cm³/mol. The van der Waals surface area contributed by atoms with Gasteiger partial charge in [-0.1, -0.05) is 24.3 Å². The average Bonchev–Trinajstić information content (AvgIpc) is 2.47. The van der Waals surface area contributed by atoms with Gasteiger partial charge in [-0.25, -0.2) is 0 Å². The lowest BCUT2D eigenvalue weighted by atomic mass is 10.1. The van der Waals surface area contributed by atoms with Crippen LogP contribution in [0.4, 0.5) is 5.69 Å². The summed E-state index contributed by atoms with van der Waals surface area (Å²) in [6.45, 7) is 2.90. The minimum absolute atomic E-state index is 0.558. The molecule has 0 saturated carbocycles. The molecule has 2 rings (SSSR count). The maximum Gasteiger partial charge on any atom is 0.123 e. The van der Waals surface area contributed by atoms with Gasteiger partial charge in [0.25, 0.3) is 0 Å². The molecule has 0 aliphatic carbocycles. The van der Waals surface area contributed by atoms with E-state index < -0.39 is 0 Å². The van der Waals surface area contributed by atoms with E-state index in [4.69, 9.17) is 16.3 Å². The summed E-state index contributed by atoms with van der Waals surface area (Å²) in [5.74, 6) is 1.48. The molecule has 0 amide bonds. The van der Waals surface area contributed by atoms with Crippen LogP contribution in [-0.4, -0.2) is 14.2 Å². The second-order valence-electron chi connectivity index (χ2n) is 4.91. The van der Waals surface area contributed by atoms with Gasteiger partial charge in [0.2, 0.25) is 0 Å². The van der Waals surface area contributed by atoms with Gasteiger partial charge < -0.3 is 9.64 Å². The highest BCUT2D eigenvalue weighted by Crippen LogP contribution is 2.24. The van der Waals surface area contributed by atoms with Crippen LogP contribution < -0.4 is 9.64 Å². The molecule has 0 bridgehead atoms. The van der Waals surface area contributed by atoms with E-state index in [1.165, 1.54) is 22.4 Å². The van der Waals surface area contributed by atoms with Crippen LogP contribution in [0.5, 0.6) is 5.75 Å². The van der Waals surface area contributed by atoms with Crippen LogP contribution >= 0.6 is 11.6 Å². The maximum atomic E-state index is 5.90. The van der Waals surface area contributed by atoms with Gasteiger partial charge >= 0.3 is 0 Å². The fourth-order valence-electron chi connectivity index (χ4n) is 2.25.